The lowest BCUT2D eigenvalue weighted by molar-refractivity contribution is -0.148. The summed E-state index contributed by atoms with van der Waals surface area (Å²) < 4.78 is 25.5. The van der Waals surface area contributed by atoms with Gasteiger partial charge in [-0.05, 0) is 44.0 Å². The molecule has 1 aromatic carbocycles. The number of carbonyl (C=O) groups is 2. The number of aryl methyl sites for hydroxylation is 1. The maximum atomic E-state index is 12.2. The SMILES string of the molecule is CNS(=O)(=O)c1ccc(CCC(=O)N2CCCC2C(=O)O)cc1. The van der Waals surface area contributed by atoms with Crippen molar-refractivity contribution in [3.63, 3.8) is 0 Å². The van der Waals surface area contributed by atoms with Gasteiger partial charge in [0.25, 0.3) is 0 Å². The summed E-state index contributed by atoms with van der Waals surface area (Å²) in [7, 11) is -2.12. The Balaban J connectivity index is 1.96. The molecule has 8 heteroatoms. The number of hydrogen-bond acceptors (Lipinski definition) is 4. The van der Waals surface area contributed by atoms with Gasteiger partial charge in [0, 0.05) is 13.0 Å². The molecule has 2 rings (SSSR count). The van der Waals surface area contributed by atoms with Crippen molar-refractivity contribution >= 4 is 21.9 Å². The number of carboxylic acids is 1. The molecule has 2 N–H and O–H groups in total. The van der Waals surface area contributed by atoms with Crippen LogP contribution in [0.3, 0.4) is 0 Å². The van der Waals surface area contributed by atoms with Gasteiger partial charge in [-0.1, -0.05) is 12.1 Å². The number of aliphatic carboxylic acids is 1. The Hall–Kier alpha value is -1.93. The number of nitrogens with one attached hydrogen (secondary N) is 1. The number of carbonyl (C=O) groups excluding carboxylic acids is 1. The van der Waals surface area contributed by atoms with E-state index in [1.807, 2.05) is 0 Å². The molecule has 1 amide bonds. The highest BCUT2D eigenvalue weighted by Gasteiger charge is 2.33. The summed E-state index contributed by atoms with van der Waals surface area (Å²) in [5.41, 5.74) is 0.833. The Morgan fingerprint density at radius 3 is 2.52 bits per heavy atom. The average molecular weight is 340 g/mol. The standard InChI is InChI=1S/C15H20N2O5S/c1-16-23(21,22)12-7-4-11(5-8-12)6-9-14(18)17-10-2-3-13(17)15(19)20/h4-5,7-8,13,16H,2-3,6,9-10H2,1H3,(H,19,20). The number of benzene rings is 1. The Morgan fingerprint density at radius 2 is 1.96 bits per heavy atom. The smallest absolute Gasteiger partial charge is 0.326 e. The molecule has 0 spiro atoms. The molecule has 1 atom stereocenters. The zero-order valence-corrected chi connectivity index (χ0v) is 13.7. The number of hydrogen-bond donors (Lipinski definition) is 2. The van der Waals surface area contributed by atoms with Crippen LogP contribution in [-0.4, -0.2) is 49.9 Å². The van der Waals surface area contributed by atoms with E-state index in [2.05, 4.69) is 4.72 Å². The van der Waals surface area contributed by atoms with E-state index in [9.17, 15) is 18.0 Å². The van der Waals surface area contributed by atoms with E-state index in [-0.39, 0.29) is 17.2 Å². The third-order valence-electron chi connectivity index (χ3n) is 3.99. The maximum absolute atomic E-state index is 12.2. The molecular formula is C15H20N2O5S. The molecule has 1 saturated heterocycles. The van der Waals surface area contributed by atoms with Crippen molar-refractivity contribution < 1.29 is 23.1 Å². The van der Waals surface area contributed by atoms with Gasteiger partial charge < -0.3 is 10.0 Å². The Bertz CT molecular complexity index is 684. The number of carboxylic acid groups (broad SMARTS) is 1. The maximum Gasteiger partial charge on any atom is 0.326 e. The molecule has 0 aliphatic carbocycles. The van der Waals surface area contributed by atoms with Crippen molar-refractivity contribution in [2.45, 2.75) is 36.6 Å². The molecule has 126 valence electrons. The van der Waals surface area contributed by atoms with E-state index in [1.165, 1.54) is 24.1 Å². The van der Waals surface area contributed by atoms with Gasteiger partial charge >= 0.3 is 5.97 Å². The van der Waals surface area contributed by atoms with Crippen LogP contribution in [-0.2, 0) is 26.0 Å². The van der Waals surface area contributed by atoms with Gasteiger partial charge in [0.05, 0.1) is 4.90 Å². The number of rotatable bonds is 6. The van der Waals surface area contributed by atoms with Crippen molar-refractivity contribution in [2.75, 3.05) is 13.6 Å². The molecule has 0 saturated carbocycles. The summed E-state index contributed by atoms with van der Waals surface area (Å²) >= 11 is 0. The Kier molecular flexibility index (Phi) is 5.38. The third-order valence-corrected chi connectivity index (χ3v) is 5.42. The monoisotopic (exact) mass is 340 g/mol. The van der Waals surface area contributed by atoms with E-state index in [4.69, 9.17) is 5.11 Å². The fourth-order valence-electron chi connectivity index (χ4n) is 2.67. The van der Waals surface area contributed by atoms with Crippen LogP contribution in [0.5, 0.6) is 0 Å². The highest BCUT2D eigenvalue weighted by atomic mass is 32.2. The zero-order valence-electron chi connectivity index (χ0n) is 12.9. The second-order valence-corrected chi connectivity index (χ2v) is 7.32. The van der Waals surface area contributed by atoms with Crippen LogP contribution in [0.15, 0.2) is 29.2 Å². The minimum absolute atomic E-state index is 0.167. The lowest BCUT2D eigenvalue weighted by Gasteiger charge is -2.21. The Labute approximate surface area is 135 Å². The van der Waals surface area contributed by atoms with Crippen molar-refractivity contribution in [3.8, 4) is 0 Å². The van der Waals surface area contributed by atoms with Gasteiger partial charge in [-0.2, -0.15) is 0 Å². The van der Waals surface area contributed by atoms with Crippen LogP contribution in [0.4, 0.5) is 0 Å². The first kappa shape index (κ1) is 17.4. The summed E-state index contributed by atoms with van der Waals surface area (Å²) in [5, 5.41) is 9.09. The number of amides is 1. The molecule has 0 radical (unpaired) electrons. The molecule has 1 aliphatic rings. The van der Waals surface area contributed by atoms with Gasteiger partial charge in [0.2, 0.25) is 15.9 Å². The molecule has 1 heterocycles. The molecule has 1 fully saturated rings. The van der Waals surface area contributed by atoms with E-state index >= 15 is 0 Å². The number of likely N-dealkylation sites (tertiary alicyclic amines) is 1. The summed E-state index contributed by atoms with van der Waals surface area (Å²) in [6, 6.07) is 5.58. The highest BCUT2D eigenvalue weighted by molar-refractivity contribution is 7.89. The summed E-state index contributed by atoms with van der Waals surface area (Å²) in [4.78, 5) is 24.8. The Morgan fingerprint density at radius 1 is 1.30 bits per heavy atom. The molecule has 1 unspecified atom stereocenters. The van der Waals surface area contributed by atoms with Crippen molar-refractivity contribution in [2.24, 2.45) is 0 Å². The summed E-state index contributed by atoms with van der Waals surface area (Å²) in [6.07, 6.45) is 1.86. The van der Waals surface area contributed by atoms with Gasteiger partial charge in [0.1, 0.15) is 6.04 Å². The quantitative estimate of drug-likeness (QED) is 0.789. The number of sulfonamides is 1. The van der Waals surface area contributed by atoms with Gasteiger partial charge in [-0.15, -0.1) is 0 Å². The van der Waals surface area contributed by atoms with E-state index in [0.717, 1.165) is 5.56 Å². The lowest BCUT2D eigenvalue weighted by Crippen LogP contribution is -2.40. The first-order chi connectivity index (χ1) is 10.8. The predicted octanol–water partition coefficient (Wildman–Crippen LogP) is 0.603. The van der Waals surface area contributed by atoms with Crippen LogP contribution < -0.4 is 4.72 Å². The van der Waals surface area contributed by atoms with Gasteiger partial charge in [0.15, 0.2) is 0 Å². The van der Waals surface area contributed by atoms with Crippen LogP contribution in [0.25, 0.3) is 0 Å². The number of nitrogens with zero attached hydrogens (tertiary/aromatic N) is 1. The van der Waals surface area contributed by atoms with Crippen LogP contribution in [0.1, 0.15) is 24.8 Å². The predicted molar refractivity (Wildman–Crippen MR) is 83.4 cm³/mol. The molecule has 1 aliphatic heterocycles. The lowest BCUT2D eigenvalue weighted by atomic mass is 10.1. The largest absolute Gasteiger partial charge is 0.480 e. The van der Waals surface area contributed by atoms with Crippen molar-refractivity contribution in [1.82, 2.24) is 9.62 Å². The minimum Gasteiger partial charge on any atom is -0.480 e. The molecule has 0 bridgehead atoms. The average Bonchev–Trinajstić information content (AvgIpc) is 3.03. The van der Waals surface area contributed by atoms with Gasteiger partial charge in [-0.3, -0.25) is 4.79 Å². The second-order valence-electron chi connectivity index (χ2n) is 5.43. The van der Waals surface area contributed by atoms with Crippen LogP contribution in [0, 0.1) is 0 Å². The summed E-state index contributed by atoms with van der Waals surface area (Å²) in [6.45, 7) is 0.481. The van der Waals surface area contributed by atoms with Crippen LogP contribution in [0.2, 0.25) is 0 Å². The summed E-state index contributed by atoms with van der Waals surface area (Å²) in [5.74, 6) is -1.14. The normalized spacial score (nSPS) is 18.1. The fourth-order valence-corrected chi connectivity index (χ4v) is 3.40. The highest BCUT2D eigenvalue weighted by Crippen LogP contribution is 2.19. The molecule has 7 nitrogen and oxygen atoms in total. The van der Waals surface area contributed by atoms with Crippen molar-refractivity contribution in [3.05, 3.63) is 29.8 Å². The third kappa shape index (κ3) is 4.08. The molecule has 0 aromatic heterocycles. The first-order valence-corrected chi connectivity index (χ1v) is 8.88. The molecule has 23 heavy (non-hydrogen) atoms. The van der Waals surface area contributed by atoms with Crippen molar-refractivity contribution in [1.29, 1.82) is 0 Å². The molecular weight excluding hydrogens is 320 g/mol. The molecule has 1 aromatic rings. The zero-order chi connectivity index (χ0) is 17.0. The second kappa shape index (κ2) is 7.10. The first-order valence-electron chi connectivity index (χ1n) is 7.40. The van der Waals surface area contributed by atoms with E-state index in [1.54, 1.807) is 12.1 Å². The van der Waals surface area contributed by atoms with Crippen LogP contribution >= 0.6 is 0 Å². The van der Waals surface area contributed by atoms with E-state index in [0.29, 0.717) is 25.8 Å². The van der Waals surface area contributed by atoms with Gasteiger partial charge in [-0.25, -0.2) is 17.9 Å². The van der Waals surface area contributed by atoms with E-state index < -0.39 is 22.0 Å². The minimum atomic E-state index is -3.47. The fraction of sp³-hybridized carbons (Fsp3) is 0.467. The topological polar surface area (TPSA) is 104 Å².